The molecule has 1 N–H and O–H groups in total. The zero-order valence-corrected chi connectivity index (χ0v) is 21.1. The molecule has 4 heteroatoms. The van der Waals surface area contributed by atoms with Crippen LogP contribution in [0.5, 0.6) is 5.75 Å². The van der Waals surface area contributed by atoms with Gasteiger partial charge in [0.05, 0.1) is 28.0 Å². The second kappa shape index (κ2) is 9.07. The number of imidazole rings is 1. The molecule has 4 nitrogen and oxygen atoms in total. The Labute approximate surface area is 216 Å². The van der Waals surface area contributed by atoms with Crippen molar-refractivity contribution >= 4 is 11.0 Å². The third-order valence-electron chi connectivity index (χ3n) is 6.82. The molecule has 0 unspecified atom stereocenters. The van der Waals surface area contributed by atoms with Crippen LogP contribution < -0.4 is 0 Å². The zero-order valence-electron chi connectivity index (χ0n) is 21.1. The summed E-state index contributed by atoms with van der Waals surface area (Å²) in [6.07, 6.45) is 1.81. The summed E-state index contributed by atoms with van der Waals surface area (Å²) in [6, 6.07) is 32.5. The van der Waals surface area contributed by atoms with E-state index in [0.29, 0.717) is 5.56 Å². The summed E-state index contributed by atoms with van der Waals surface area (Å²) < 4.78 is 2.20. The van der Waals surface area contributed by atoms with Crippen molar-refractivity contribution in [3.8, 4) is 45.2 Å². The van der Waals surface area contributed by atoms with Crippen LogP contribution in [0.3, 0.4) is 0 Å². The fourth-order valence-corrected chi connectivity index (χ4v) is 5.31. The molecule has 2 heterocycles. The Kier molecular flexibility index (Phi) is 5.57. The van der Waals surface area contributed by atoms with Gasteiger partial charge in [-0.3, -0.25) is 9.55 Å². The van der Waals surface area contributed by atoms with Crippen LogP contribution in [0.15, 0.2) is 103 Å². The van der Waals surface area contributed by atoms with E-state index in [2.05, 4.69) is 84.9 Å². The molecule has 180 valence electrons. The average molecular weight is 482 g/mol. The van der Waals surface area contributed by atoms with Crippen LogP contribution in [0.25, 0.3) is 50.5 Å². The molecule has 0 fully saturated rings. The molecule has 0 bridgehead atoms. The van der Waals surface area contributed by atoms with Crippen molar-refractivity contribution in [3.05, 3.63) is 120 Å². The number of phenols is 1. The Balaban J connectivity index is 1.65. The van der Waals surface area contributed by atoms with Gasteiger partial charge in [0.2, 0.25) is 0 Å². The van der Waals surface area contributed by atoms with Crippen LogP contribution in [0, 0.1) is 20.8 Å². The Morgan fingerprint density at radius 3 is 2.14 bits per heavy atom. The van der Waals surface area contributed by atoms with Crippen LogP contribution in [0.4, 0.5) is 0 Å². The molecular formula is C33H27N3O. The number of hydrogen-bond acceptors (Lipinski definition) is 3. The van der Waals surface area contributed by atoms with E-state index < -0.39 is 0 Å². The molecule has 37 heavy (non-hydrogen) atoms. The Bertz CT molecular complexity index is 1740. The number of aryl methyl sites for hydroxylation is 3. The molecule has 0 aliphatic heterocycles. The predicted octanol–water partition coefficient (Wildman–Crippen LogP) is 8.05. The molecule has 0 spiro atoms. The summed E-state index contributed by atoms with van der Waals surface area (Å²) in [6.45, 7) is 6.39. The minimum absolute atomic E-state index is 0.208. The van der Waals surface area contributed by atoms with E-state index >= 15 is 0 Å². The highest BCUT2D eigenvalue weighted by atomic mass is 16.3. The number of rotatable bonds is 4. The van der Waals surface area contributed by atoms with Crippen LogP contribution in [0.1, 0.15) is 16.7 Å². The first-order valence-corrected chi connectivity index (χ1v) is 12.4. The number of aromatic nitrogens is 3. The van der Waals surface area contributed by atoms with Crippen LogP contribution in [0.2, 0.25) is 0 Å². The average Bonchev–Trinajstić information content (AvgIpc) is 3.28. The fraction of sp³-hybridized carbons (Fsp3) is 0.0909. The van der Waals surface area contributed by atoms with Gasteiger partial charge in [-0.05, 0) is 73.9 Å². The number of benzene rings is 4. The summed E-state index contributed by atoms with van der Waals surface area (Å²) in [5, 5.41) is 10.8. The summed E-state index contributed by atoms with van der Waals surface area (Å²) in [5.41, 5.74) is 11.3. The lowest BCUT2D eigenvalue weighted by molar-refractivity contribution is 0.477. The van der Waals surface area contributed by atoms with Gasteiger partial charge in [-0.1, -0.05) is 66.2 Å². The van der Waals surface area contributed by atoms with Gasteiger partial charge in [-0.25, -0.2) is 4.98 Å². The number of hydrogen-bond donors (Lipinski definition) is 1. The highest BCUT2D eigenvalue weighted by molar-refractivity contribution is 5.96. The molecule has 0 saturated heterocycles. The highest BCUT2D eigenvalue weighted by Gasteiger charge is 2.21. The molecule has 2 aromatic heterocycles. The van der Waals surface area contributed by atoms with Crippen molar-refractivity contribution in [2.45, 2.75) is 20.8 Å². The third kappa shape index (κ3) is 3.97. The maximum atomic E-state index is 10.8. The summed E-state index contributed by atoms with van der Waals surface area (Å²) in [7, 11) is 0. The van der Waals surface area contributed by atoms with Gasteiger partial charge < -0.3 is 5.11 Å². The molecule has 0 atom stereocenters. The number of pyridine rings is 1. The number of para-hydroxylation sites is 2. The van der Waals surface area contributed by atoms with Crippen LogP contribution in [-0.4, -0.2) is 19.6 Å². The van der Waals surface area contributed by atoms with Crippen molar-refractivity contribution in [3.63, 3.8) is 0 Å². The highest BCUT2D eigenvalue weighted by Crippen LogP contribution is 2.39. The zero-order chi connectivity index (χ0) is 25.5. The first kappa shape index (κ1) is 22.7. The normalized spacial score (nSPS) is 11.2. The van der Waals surface area contributed by atoms with Gasteiger partial charge in [-0.2, -0.15) is 0 Å². The van der Waals surface area contributed by atoms with E-state index in [1.807, 2.05) is 42.6 Å². The van der Waals surface area contributed by atoms with Crippen molar-refractivity contribution in [1.82, 2.24) is 14.5 Å². The largest absolute Gasteiger partial charge is 0.507 e. The topological polar surface area (TPSA) is 50.9 Å². The van der Waals surface area contributed by atoms with E-state index in [0.717, 1.165) is 56.1 Å². The number of nitrogens with zero attached hydrogens (tertiary/aromatic N) is 3. The summed E-state index contributed by atoms with van der Waals surface area (Å²) in [4.78, 5) is 9.72. The first-order chi connectivity index (χ1) is 18.0. The lowest BCUT2D eigenvalue weighted by Gasteiger charge is -2.17. The first-order valence-electron chi connectivity index (χ1n) is 12.4. The van der Waals surface area contributed by atoms with Gasteiger partial charge in [0.25, 0.3) is 0 Å². The number of phenolic OH excluding ortho intramolecular Hbond substituents is 1. The summed E-state index contributed by atoms with van der Waals surface area (Å²) in [5.74, 6) is 0.927. The van der Waals surface area contributed by atoms with Crippen molar-refractivity contribution in [1.29, 1.82) is 0 Å². The van der Waals surface area contributed by atoms with Gasteiger partial charge in [0, 0.05) is 17.3 Å². The quantitative estimate of drug-likeness (QED) is 0.277. The fourth-order valence-electron chi connectivity index (χ4n) is 5.31. The number of aromatic hydroxyl groups is 1. The van der Waals surface area contributed by atoms with E-state index in [4.69, 9.17) is 4.98 Å². The molecule has 0 saturated carbocycles. The lowest BCUT2D eigenvalue weighted by Crippen LogP contribution is -2.03. The van der Waals surface area contributed by atoms with Crippen molar-refractivity contribution in [2.24, 2.45) is 0 Å². The van der Waals surface area contributed by atoms with Gasteiger partial charge in [0.15, 0.2) is 0 Å². The van der Waals surface area contributed by atoms with E-state index in [-0.39, 0.29) is 5.75 Å². The molecule has 0 amide bonds. The maximum Gasteiger partial charge on any atom is 0.149 e. The molecule has 6 aromatic rings. The van der Waals surface area contributed by atoms with Crippen LogP contribution >= 0.6 is 0 Å². The minimum Gasteiger partial charge on any atom is -0.507 e. The van der Waals surface area contributed by atoms with Crippen molar-refractivity contribution in [2.75, 3.05) is 0 Å². The van der Waals surface area contributed by atoms with Crippen molar-refractivity contribution < 1.29 is 5.11 Å². The maximum absolute atomic E-state index is 10.8. The molecule has 0 radical (unpaired) electrons. The molecular weight excluding hydrogens is 454 g/mol. The monoisotopic (exact) mass is 481 g/mol. The smallest absolute Gasteiger partial charge is 0.149 e. The molecule has 6 rings (SSSR count). The second-order valence-corrected chi connectivity index (χ2v) is 9.50. The van der Waals surface area contributed by atoms with E-state index in [1.165, 1.54) is 5.56 Å². The van der Waals surface area contributed by atoms with Gasteiger partial charge in [0.1, 0.15) is 11.6 Å². The Hall–Kier alpha value is -4.70. The standard InChI is InChI=1S/C33H27N3O/c1-21-18-22(2)32(23(3)19-21)36-29-15-9-13-26(31(29)35-33(36)27-12-4-5-16-30(27)37)24-10-8-11-25(20-24)28-14-6-7-17-34-28/h4-20,37H,1-3H3. The Morgan fingerprint density at radius 1 is 0.676 bits per heavy atom. The molecule has 0 aliphatic rings. The van der Waals surface area contributed by atoms with Gasteiger partial charge >= 0.3 is 0 Å². The third-order valence-corrected chi connectivity index (χ3v) is 6.82. The van der Waals surface area contributed by atoms with Gasteiger partial charge in [-0.15, -0.1) is 0 Å². The molecule has 4 aromatic carbocycles. The minimum atomic E-state index is 0.208. The van der Waals surface area contributed by atoms with E-state index in [9.17, 15) is 5.11 Å². The van der Waals surface area contributed by atoms with E-state index in [1.54, 1.807) is 6.07 Å². The molecule has 0 aliphatic carbocycles. The number of fused-ring (bicyclic) bond motifs is 1. The Morgan fingerprint density at radius 2 is 1.38 bits per heavy atom. The second-order valence-electron chi connectivity index (χ2n) is 9.50. The SMILES string of the molecule is Cc1cc(C)c(-n2c(-c3ccccc3O)nc3c(-c4cccc(-c5ccccn5)c4)cccc32)c(C)c1. The lowest BCUT2D eigenvalue weighted by atomic mass is 10.00. The summed E-state index contributed by atoms with van der Waals surface area (Å²) >= 11 is 0. The predicted molar refractivity (Wildman–Crippen MR) is 151 cm³/mol. The van der Waals surface area contributed by atoms with Crippen LogP contribution in [-0.2, 0) is 0 Å².